The van der Waals surface area contributed by atoms with Gasteiger partial charge in [-0.25, -0.2) is 0 Å². The molecule has 0 unspecified atom stereocenters. The van der Waals surface area contributed by atoms with Gasteiger partial charge in [0.15, 0.2) is 0 Å². The molecule has 1 aliphatic rings. The third kappa shape index (κ3) is 4.14. The van der Waals surface area contributed by atoms with Gasteiger partial charge in [-0.15, -0.1) is 0 Å². The quantitative estimate of drug-likeness (QED) is 0.834. The van der Waals surface area contributed by atoms with Crippen molar-refractivity contribution in [3.05, 3.63) is 48.0 Å². The summed E-state index contributed by atoms with van der Waals surface area (Å²) in [5.41, 5.74) is 2.73. The highest BCUT2D eigenvalue weighted by Gasteiger charge is 2.35. The van der Waals surface area contributed by atoms with Gasteiger partial charge in [0.1, 0.15) is 5.75 Å². The van der Waals surface area contributed by atoms with E-state index in [9.17, 15) is 14.4 Å². The summed E-state index contributed by atoms with van der Waals surface area (Å²) in [6, 6.07) is 12.5. The van der Waals surface area contributed by atoms with E-state index in [0.29, 0.717) is 29.4 Å². The minimum Gasteiger partial charge on any atom is -0.497 e. The molecule has 3 rings (SSSR count). The molecule has 0 radical (unpaired) electrons. The van der Waals surface area contributed by atoms with E-state index in [0.717, 1.165) is 5.56 Å². The number of amides is 3. The zero-order chi connectivity index (χ0) is 20.3. The molecule has 3 amide bonds. The molecule has 0 bridgehead atoms. The third-order valence-corrected chi connectivity index (χ3v) is 4.76. The van der Waals surface area contributed by atoms with Crippen LogP contribution in [0.15, 0.2) is 42.5 Å². The zero-order valence-electron chi connectivity index (χ0n) is 16.1. The van der Waals surface area contributed by atoms with Gasteiger partial charge in [0.2, 0.25) is 17.7 Å². The van der Waals surface area contributed by atoms with Crippen LogP contribution in [0.1, 0.15) is 18.9 Å². The molecule has 0 saturated carbocycles. The number of hydrogen-bond donors (Lipinski definition) is 2. The Morgan fingerprint density at radius 2 is 1.79 bits per heavy atom. The van der Waals surface area contributed by atoms with Gasteiger partial charge in [0, 0.05) is 43.0 Å². The van der Waals surface area contributed by atoms with E-state index in [1.165, 1.54) is 6.92 Å². The first kappa shape index (κ1) is 19.4. The fourth-order valence-electron chi connectivity index (χ4n) is 3.24. The van der Waals surface area contributed by atoms with Crippen molar-refractivity contribution in [1.29, 1.82) is 0 Å². The maximum Gasteiger partial charge on any atom is 0.229 e. The number of nitrogens with zero attached hydrogens (tertiary/aromatic N) is 1. The van der Waals surface area contributed by atoms with Gasteiger partial charge in [-0.1, -0.05) is 12.1 Å². The summed E-state index contributed by atoms with van der Waals surface area (Å²) in [5.74, 6) is -0.299. The summed E-state index contributed by atoms with van der Waals surface area (Å²) < 4.78 is 5.21. The SMILES string of the molecule is COc1cccc(N2C[C@H](C(=O)Nc3cccc(NC(C)=O)c3C)CC2=O)c1. The van der Waals surface area contributed by atoms with Crippen LogP contribution in [0.2, 0.25) is 0 Å². The van der Waals surface area contributed by atoms with Crippen LogP contribution in [0.3, 0.4) is 0 Å². The summed E-state index contributed by atoms with van der Waals surface area (Å²) in [7, 11) is 1.57. The number of nitrogens with one attached hydrogen (secondary N) is 2. The Labute approximate surface area is 163 Å². The number of carbonyl (C=O) groups excluding carboxylic acids is 3. The lowest BCUT2D eigenvalue weighted by Gasteiger charge is -2.18. The monoisotopic (exact) mass is 381 g/mol. The smallest absolute Gasteiger partial charge is 0.229 e. The van der Waals surface area contributed by atoms with Gasteiger partial charge in [-0.2, -0.15) is 0 Å². The van der Waals surface area contributed by atoms with Crippen LogP contribution in [0.5, 0.6) is 5.75 Å². The predicted octanol–water partition coefficient (Wildman–Crippen LogP) is 2.95. The topological polar surface area (TPSA) is 87.7 Å². The Balaban J connectivity index is 1.72. The van der Waals surface area contributed by atoms with Gasteiger partial charge >= 0.3 is 0 Å². The molecule has 1 saturated heterocycles. The number of methoxy groups -OCH3 is 1. The van der Waals surface area contributed by atoms with Gasteiger partial charge in [0.25, 0.3) is 0 Å². The van der Waals surface area contributed by atoms with E-state index in [1.54, 1.807) is 42.3 Å². The molecule has 7 nitrogen and oxygen atoms in total. The van der Waals surface area contributed by atoms with Crippen molar-refractivity contribution in [3.8, 4) is 5.75 Å². The summed E-state index contributed by atoms with van der Waals surface area (Å²) in [6.07, 6.45) is 0.146. The lowest BCUT2D eigenvalue weighted by Crippen LogP contribution is -2.28. The lowest BCUT2D eigenvalue weighted by atomic mass is 10.1. The fraction of sp³-hybridized carbons (Fsp3) is 0.286. The summed E-state index contributed by atoms with van der Waals surface area (Å²) in [5, 5.41) is 5.63. The van der Waals surface area contributed by atoms with Crippen molar-refractivity contribution in [2.24, 2.45) is 5.92 Å². The molecule has 1 heterocycles. The molecule has 1 fully saturated rings. The molecule has 2 aromatic carbocycles. The molecule has 7 heteroatoms. The van der Waals surface area contributed by atoms with Crippen molar-refractivity contribution in [3.63, 3.8) is 0 Å². The number of anilines is 3. The molecule has 0 aliphatic carbocycles. The van der Waals surface area contributed by atoms with Gasteiger partial charge < -0.3 is 20.3 Å². The van der Waals surface area contributed by atoms with Crippen molar-refractivity contribution in [2.45, 2.75) is 20.3 Å². The van der Waals surface area contributed by atoms with Crippen molar-refractivity contribution < 1.29 is 19.1 Å². The van der Waals surface area contributed by atoms with Crippen molar-refractivity contribution >= 4 is 34.8 Å². The normalized spacial score (nSPS) is 16.0. The van der Waals surface area contributed by atoms with Crippen LogP contribution in [0, 0.1) is 12.8 Å². The highest BCUT2D eigenvalue weighted by atomic mass is 16.5. The predicted molar refractivity (Wildman–Crippen MR) is 108 cm³/mol. The fourth-order valence-corrected chi connectivity index (χ4v) is 3.24. The Hall–Kier alpha value is -3.35. The molecular formula is C21H23N3O4. The molecular weight excluding hydrogens is 358 g/mol. The Morgan fingerprint density at radius 1 is 1.11 bits per heavy atom. The third-order valence-electron chi connectivity index (χ3n) is 4.76. The first-order valence-corrected chi connectivity index (χ1v) is 9.01. The van der Waals surface area contributed by atoms with Crippen LogP contribution in [0.25, 0.3) is 0 Å². The molecule has 0 aromatic heterocycles. The maximum absolute atomic E-state index is 12.7. The molecule has 146 valence electrons. The molecule has 1 aliphatic heterocycles. The lowest BCUT2D eigenvalue weighted by molar-refractivity contribution is -0.122. The van der Waals surface area contributed by atoms with E-state index < -0.39 is 5.92 Å². The highest BCUT2D eigenvalue weighted by molar-refractivity contribution is 6.04. The second kappa shape index (κ2) is 8.12. The standard InChI is InChI=1S/C21H23N3O4/c1-13-18(22-14(2)25)8-5-9-19(13)23-21(27)15-10-20(26)24(12-15)16-6-4-7-17(11-16)28-3/h4-9,11,15H,10,12H2,1-3H3,(H,22,25)(H,23,27)/t15-/m1/s1. The Bertz CT molecular complexity index is 926. The number of rotatable bonds is 5. The van der Waals surface area contributed by atoms with E-state index in [-0.39, 0.29) is 24.1 Å². The average molecular weight is 381 g/mol. The number of hydrogen-bond acceptors (Lipinski definition) is 4. The van der Waals surface area contributed by atoms with Crippen LogP contribution in [-0.4, -0.2) is 31.4 Å². The summed E-state index contributed by atoms with van der Waals surface area (Å²) in [6.45, 7) is 3.56. The van der Waals surface area contributed by atoms with Gasteiger partial charge in [0.05, 0.1) is 13.0 Å². The minimum absolute atomic E-state index is 0.0999. The van der Waals surface area contributed by atoms with Crippen LogP contribution < -0.4 is 20.3 Å². The number of benzene rings is 2. The van der Waals surface area contributed by atoms with Crippen molar-refractivity contribution in [2.75, 3.05) is 29.2 Å². The minimum atomic E-state index is -0.456. The maximum atomic E-state index is 12.7. The first-order valence-electron chi connectivity index (χ1n) is 9.01. The first-order chi connectivity index (χ1) is 13.4. The van der Waals surface area contributed by atoms with Crippen LogP contribution in [0.4, 0.5) is 17.1 Å². The number of carbonyl (C=O) groups is 3. The van der Waals surface area contributed by atoms with Crippen molar-refractivity contribution in [1.82, 2.24) is 0 Å². The Morgan fingerprint density at radius 3 is 2.46 bits per heavy atom. The number of ether oxygens (including phenoxy) is 1. The molecule has 2 N–H and O–H groups in total. The van der Waals surface area contributed by atoms with E-state index in [1.807, 2.05) is 19.1 Å². The second-order valence-corrected chi connectivity index (χ2v) is 6.76. The summed E-state index contributed by atoms with van der Waals surface area (Å²) in [4.78, 5) is 38.1. The zero-order valence-corrected chi connectivity index (χ0v) is 16.1. The van der Waals surface area contributed by atoms with E-state index >= 15 is 0 Å². The van der Waals surface area contributed by atoms with Crippen LogP contribution >= 0.6 is 0 Å². The van der Waals surface area contributed by atoms with Gasteiger partial charge in [-0.05, 0) is 36.8 Å². The largest absolute Gasteiger partial charge is 0.497 e. The van der Waals surface area contributed by atoms with E-state index in [2.05, 4.69) is 10.6 Å². The second-order valence-electron chi connectivity index (χ2n) is 6.76. The molecule has 2 aromatic rings. The molecule has 28 heavy (non-hydrogen) atoms. The summed E-state index contributed by atoms with van der Waals surface area (Å²) >= 11 is 0. The average Bonchev–Trinajstić information content (AvgIpc) is 3.06. The van der Waals surface area contributed by atoms with Gasteiger partial charge in [-0.3, -0.25) is 14.4 Å². The van der Waals surface area contributed by atoms with Crippen LogP contribution in [-0.2, 0) is 14.4 Å². The van der Waals surface area contributed by atoms with E-state index in [4.69, 9.17) is 4.74 Å². The highest BCUT2D eigenvalue weighted by Crippen LogP contribution is 2.29. The molecule has 0 spiro atoms. The Kier molecular flexibility index (Phi) is 5.63. The molecule has 1 atom stereocenters.